The summed E-state index contributed by atoms with van der Waals surface area (Å²) in [6.07, 6.45) is 4.34. The van der Waals surface area contributed by atoms with E-state index >= 15 is 0 Å². The lowest BCUT2D eigenvalue weighted by Gasteiger charge is -2.32. The van der Waals surface area contributed by atoms with Gasteiger partial charge in [0, 0.05) is 32.1 Å². The Balaban J connectivity index is 2.07. The summed E-state index contributed by atoms with van der Waals surface area (Å²) < 4.78 is 5.66. The maximum absolute atomic E-state index is 5.66. The fourth-order valence-corrected chi connectivity index (χ4v) is 1.79. The maximum Gasteiger partial charge on any atom is 0.0826 e. The second kappa shape index (κ2) is 8.11. The van der Waals surface area contributed by atoms with Crippen LogP contribution in [0, 0.1) is 0 Å². The smallest absolute Gasteiger partial charge is 0.0826 e. The molecule has 0 amide bonds. The van der Waals surface area contributed by atoms with E-state index in [2.05, 4.69) is 17.1 Å². The topological polar surface area (TPSA) is 24.5 Å². The lowest BCUT2D eigenvalue weighted by molar-refractivity contribution is -0.0248. The molecule has 1 aliphatic heterocycles. The highest BCUT2D eigenvalue weighted by Gasteiger charge is 2.18. The maximum atomic E-state index is 5.66. The number of alkyl halides is 1. The normalized spacial score (nSPS) is 23.7. The largest absolute Gasteiger partial charge is 0.374 e. The van der Waals surface area contributed by atoms with Crippen LogP contribution in [0.3, 0.4) is 0 Å². The molecule has 0 bridgehead atoms. The number of rotatable bonds is 6. The summed E-state index contributed by atoms with van der Waals surface area (Å²) in [6, 6.07) is 0. The first-order valence-corrected chi connectivity index (χ1v) is 6.16. The first kappa shape index (κ1) is 13.0. The SMILES string of the molecule is CCN1CCOC(CNC/C=C/CCl)C1. The molecule has 0 aromatic heterocycles. The Labute approximate surface area is 97.4 Å². The minimum absolute atomic E-state index is 0.336. The quantitative estimate of drug-likeness (QED) is 0.422. The van der Waals surface area contributed by atoms with Gasteiger partial charge in [-0.1, -0.05) is 19.1 Å². The predicted octanol–water partition coefficient (Wildman–Crippen LogP) is 1.09. The van der Waals surface area contributed by atoms with Crippen molar-refractivity contribution in [2.75, 3.05) is 45.2 Å². The molecule has 1 heterocycles. The number of ether oxygens (including phenoxy) is 1. The summed E-state index contributed by atoms with van der Waals surface area (Å²) in [5.74, 6) is 0.589. The Kier molecular flexibility index (Phi) is 7.01. The third-order valence-electron chi connectivity index (χ3n) is 2.56. The van der Waals surface area contributed by atoms with Gasteiger partial charge in [0.05, 0.1) is 12.7 Å². The molecule has 0 aromatic carbocycles. The molecule has 15 heavy (non-hydrogen) atoms. The van der Waals surface area contributed by atoms with Crippen LogP contribution < -0.4 is 5.32 Å². The van der Waals surface area contributed by atoms with Crippen LogP contribution in [0.15, 0.2) is 12.2 Å². The third-order valence-corrected chi connectivity index (χ3v) is 2.74. The summed E-state index contributed by atoms with van der Waals surface area (Å²) in [5, 5.41) is 3.34. The molecule has 0 aromatic rings. The number of hydrogen-bond donors (Lipinski definition) is 1. The Hall–Kier alpha value is -0.0900. The van der Waals surface area contributed by atoms with Crippen LogP contribution in [0.25, 0.3) is 0 Å². The summed E-state index contributed by atoms with van der Waals surface area (Å²) in [5.41, 5.74) is 0. The first-order chi connectivity index (χ1) is 7.36. The molecule has 1 aliphatic rings. The Morgan fingerprint density at radius 2 is 2.40 bits per heavy atom. The highest BCUT2D eigenvalue weighted by Crippen LogP contribution is 2.03. The Morgan fingerprint density at radius 3 is 3.13 bits per heavy atom. The molecule has 0 spiro atoms. The number of nitrogens with zero attached hydrogens (tertiary/aromatic N) is 1. The molecule has 1 saturated heterocycles. The highest BCUT2D eigenvalue weighted by molar-refractivity contribution is 6.18. The van der Waals surface area contributed by atoms with Gasteiger partial charge in [0.15, 0.2) is 0 Å². The molecule has 3 nitrogen and oxygen atoms in total. The van der Waals surface area contributed by atoms with Crippen molar-refractivity contribution in [3.05, 3.63) is 12.2 Å². The number of allylic oxidation sites excluding steroid dienone is 1. The minimum atomic E-state index is 0.336. The van der Waals surface area contributed by atoms with E-state index in [1.807, 2.05) is 12.2 Å². The van der Waals surface area contributed by atoms with Crippen LogP contribution in [-0.2, 0) is 4.74 Å². The number of nitrogens with one attached hydrogen (secondary N) is 1. The van der Waals surface area contributed by atoms with Crippen molar-refractivity contribution in [2.24, 2.45) is 0 Å². The molecule has 0 radical (unpaired) electrons. The van der Waals surface area contributed by atoms with Gasteiger partial charge in [-0.05, 0) is 6.54 Å². The van der Waals surface area contributed by atoms with Gasteiger partial charge >= 0.3 is 0 Å². The lowest BCUT2D eigenvalue weighted by atomic mass is 10.2. The first-order valence-electron chi connectivity index (χ1n) is 5.62. The second-order valence-corrected chi connectivity index (χ2v) is 3.98. The summed E-state index contributed by atoms with van der Waals surface area (Å²) in [7, 11) is 0. The van der Waals surface area contributed by atoms with Gasteiger partial charge in [-0.3, -0.25) is 4.90 Å². The van der Waals surface area contributed by atoms with Gasteiger partial charge in [0.25, 0.3) is 0 Å². The highest BCUT2D eigenvalue weighted by atomic mass is 35.5. The van der Waals surface area contributed by atoms with Crippen molar-refractivity contribution in [2.45, 2.75) is 13.0 Å². The summed E-state index contributed by atoms with van der Waals surface area (Å²) in [6.45, 7) is 8.08. The van der Waals surface area contributed by atoms with E-state index in [-0.39, 0.29) is 0 Å². The van der Waals surface area contributed by atoms with Crippen molar-refractivity contribution in [1.29, 1.82) is 0 Å². The molecule has 88 valence electrons. The molecular weight excluding hydrogens is 212 g/mol. The molecule has 1 rings (SSSR count). The second-order valence-electron chi connectivity index (χ2n) is 3.67. The van der Waals surface area contributed by atoms with Crippen LogP contribution in [0.4, 0.5) is 0 Å². The van der Waals surface area contributed by atoms with Crippen molar-refractivity contribution >= 4 is 11.6 Å². The Bertz CT molecular complexity index is 187. The van der Waals surface area contributed by atoms with Crippen molar-refractivity contribution in [1.82, 2.24) is 10.2 Å². The average molecular weight is 233 g/mol. The minimum Gasteiger partial charge on any atom is -0.374 e. The van der Waals surface area contributed by atoms with Crippen LogP contribution in [0.5, 0.6) is 0 Å². The predicted molar refractivity (Wildman–Crippen MR) is 64.6 cm³/mol. The third kappa shape index (κ3) is 5.52. The zero-order chi connectivity index (χ0) is 10.9. The van der Waals surface area contributed by atoms with Crippen molar-refractivity contribution in [3.63, 3.8) is 0 Å². The number of likely N-dealkylation sites (N-methyl/N-ethyl adjacent to an activating group) is 1. The molecule has 1 N–H and O–H groups in total. The van der Waals surface area contributed by atoms with Crippen LogP contribution >= 0.6 is 11.6 Å². The van der Waals surface area contributed by atoms with E-state index in [1.54, 1.807) is 0 Å². The molecule has 1 unspecified atom stereocenters. The van der Waals surface area contributed by atoms with Gasteiger partial charge in [0.2, 0.25) is 0 Å². The van der Waals surface area contributed by atoms with Gasteiger partial charge in [-0.25, -0.2) is 0 Å². The van der Waals surface area contributed by atoms with Gasteiger partial charge in [-0.2, -0.15) is 0 Å². The van der Waals surface area contributed by atoms with E-state index in [1.165, 1.54) is 0 Å². The fourth-order valence-electron chi connectivity index (χ4n) is 1.67. The zero-order valence-electron chi connectivity index (χ0n) is 9.42. The van der Waals surface area contributed by atoms with Crippen LogP contribution in [0.1, 0.15) is 6.92 Å². The molecular formula is C11H21ClN2O. The fraction of sp³-hybridized carbons (Fsp3) is 0.818. The number of hydrogen-bond acceptors (Lipinski definition) is 3. The van der Waals surface area contributed by atoms with E-state index < -0.39 is 0 Å². The van der Waals surface area contributed by atoms with Gasteiger partial charge in [-0.15, -0.1) is 11.6 Å². The lowest BCUT2D eigenvalue weighted by Crippen LogP contribution is -2.46. The molecule has 0 aliphatic carbocycles. The standard InChI is InChI=1S/C11H21ClN2O/c1-2-14-7-8-15-11(10-14)9-13-6-4-3-5-12/h3-4,11,13H,2,5-10H2,1H3/b4-3+. The number of halogens is 1. The van der Waals surface area contributed by atoms with Crippen molar-refractivity contribution < 1.29 is 4.74 Å². The van der Waals surface area contributed by atoms with Crippen LogP contribution in [0.2, 0.25) is 0 Å². The summed E-state index contributed by atoms with van der Waals surface area (Å²) >= 11 is 5.52. The monoisotopic (exact) mass is 232 g/mol. The van der Waals surface area contributed by atoms with E-state index in [4.69, 9.17) is 16.3 Å². The van der Waals surface area contributed by atoms with Gasteiger partial charge < -0.3 is 10.1 Å². The van der Waals surface area contributed by atoms with Crippen molar-refractivity contribution in [3.8, 4) is 0 Å². The molecule has 1 fully saturated rings. The molecule has 1 atom stereocenters. The zero-order valence-corrected chi connectivity index (χ0v) is 10.2. The van der Waals surface area contributed by atoms with E-state index in [9.17, 15) is 0 Å². The number of morpholine rings is 1. The molecule has 0 saturated carbocycles. The average Bonchev–Trinajstić information content (AvgIpc) is 2.29. The van der Waals surface area contributed by atoms with Crippen LogP contribution in [-0.4, -0.2) is 56.2 Å². The Morgan fingerprint density at radius 1 is 1.53 bits per heavy atom. The van der Waals surface area contributed by atoms with E-state index in [0.717, 1.165) is 39.3 Å². The summed E-state index contributed by atoms with van der Waals surface area (Å²) in [4.78, 5) is 2.42. The van der Waals surface area contributed by atoms with Gasteiger partial charge in [0.1, 0.15) is 0 Å². The van der Waals surface area contributed by atoms with E-state index in [0.29, 0.717) is 12.0 Å². The molecule has 4 heteroatoms.